The van der Waals surface area contributed by atoms with Gasteiger partial charge < -0.3 is 10.6 Å². The van der Waals surface area contributed by atoms with Gasteiger partial charge in [-0.05, 0) is 52.1 Å². The molecule has 1 amide bonds. The molecule has 1 saturated heterocycles. The van der Waals surface area contributed by atoms with Crippen LogP contribution < -0.4 is 10.6 Å². The molecule has 2 rings (SSSR count). The lowest BCUT2D eigenvalue weighted by molar-refractivity contribution is -0.121. The molecule has 1 aliphatic rings. The fourth-order valence-corrected chi connectivity index (χ4v) is 3.48. The summed E-state index contributed by atoms with van der Waals surface area (Å²) in [6, 6.07) is 0. The van der Waals surface area contributed by atoms with Crippen molar-refractivity contribution in [1.29, 1.82) is 0 Å². The summed E-state index contributed by atoms with van der Waals surface area (Å²) >= 11 is 1.73. The third-order valence-corrected chi connectivity index (χ3v) is 5.10. The van der Waals surface area contributed by atoms with Crippen LogP contribution in [0.4, 0.5) is 0 Å². The number of amides is 1. The fraction of sp³-hybridized carbons (Fsp3) is 0.733. The Balaban J connectivity index is 1.60. The van der Waals surface area contributed by atoms with Crippen LogP contribution >= 0.6 is 11.3 Å². The van der Waals surface area contributed by atoms with Crippen LogP contribution in [-0.2, 0) is 11.2 Å². The monoisotopic (exact) mass is 295 g/mol. The second-order valence-corrected chi connectivity index (χ2v) is 6.87. The maximum Gasteiger partial charge on any atom is 0.220 e. The van der Waals surface area contributed by atoms with Gasteiger partial charge in [0.25, 0.3) is 0 Å². The molecule has 1 aliphatic heterocycles. The Morgan fingerprint density at radius 3 is 2.80 bits per heavy atom. The van der Waals surface area contributed by atoms with Gasteiger partial charge in [-0.15, -0.1) is 11.3 Å². The first-order chi connectivity index (χ1) is 9.65. The first-order valence-electron chi connectivity index (χ1n) is 7.55. The Labute approximate surface area is 125 Å². The highest BCUT2D eigenvalue weighted by molar-refractivity contribution is 7.11. The van der Waals surface area contributed by atoms with Crippen molar-refractivity contribution in [2.75, 3.05) is 19.6 Å². The van der Waals surface area contributed by atoms with Gasteiger partial charge >= 0.3 is 0 Å². The molecule has 0 saturated carbocycles. The Hall–Kier alpha value is -0.940. The molecule has 0 unspecified atom stereocenters. The SMILES string of the molecule is Cc1nc(CCNC(=O)CCC2CCNCC2)sc1C. The summed E-state index contributed by atoms with van der Waals surface area (Å²) < 4.78 is 0. The van der Waals surface area contributed by atoms with Gasteiger partial charge in [-0.2, -0.15) is 0 Å². The minimum absolute atomic E-state index is 0.188. The number of aryl methyl sites for hydroxylation is 2. The van der Waals surface area contributed by atoms with E-state index in [1.54, 1.807) is 11.3 Å². The number of nitrogens with zero attached hydrogens (tertiary/aromatic N) is 1. The maximum absolute atomic E-state index is 11.8. The summed E-state index contributed by atoms with van der Waals surface area (Å²) in [5.74, 6) is 0.916. The predicted molar refractivity (Wildman–Crippen MR) is 83.1 cm³/mol. The van der Waals surface area contributed by atoms with E-state index in [2.05, 4.69) is 22.5 Å². The van der Waals surface area contributed by atoms with Gasteiger partial charge in [0.15, 0.2) is 0 Å². The van der Waals surface area contributed by atoms with Crippen molar-refractivity contribution >= 4 is 17.2 Å². The highest BCUT2D eigenvalue weighted by Crippen LogP contribution is 2.18. The molecule has 1 aromatic heterocycles. The van der Waals surface area contributed by atoms with Gasteiger partial charge in [0, 0.05) is 24.3 Å². The summed E-state index contributed by atoms with van der Waals surface area (Å²) in [4.78, 5) is 17.6. The number of piperidine rings is 1. The highest BCUT2D eigenvalue weighted by Gasteiger charge is 2.14. The van der Waals surface area contributed by atoms with E-state index >= 15 is 0 Å². The van der Waals surface area contributed by atoms with Crippen LogP contribution in [0.2, 0.25) is 0 Å². The molecule has 0 radical (unpaired) electrons. The molecule has 20 heavy (non-hydrogen) atoms. The molecule has 5 heteroatoms. The third-order valence-electron chi connectivity index (χ3n) is 3.97. The number of nitrogens with one attached hydrogen (secondary N) is 2. The zero-order chi connectivity index (χ0) is 14.4. The van der Waals surface area contributed by atoms with Crippen molar-refractivity contribution in [2.45, 2.75) is 46.0 Å². The minimum Gasteiger partial charge on any atom is -0.356 e. The van der Waals surface area contributed by atoms with E-state index in [1.807, 2.05) is 6.92 Å². The molecule has 1 aromatic rings. The van der Waals surface area contributed by atoms with E-state index in [-0.39, 0.29) is 5.91 Å². The average Bonchev–Trinajstić information content (AvgIpc) is 2.76. The van der Waals surface area contributed by atoms with Crippen molar-refractivity contribution in [3.63, 3.8) is 0 Å². The normalized spacial score (nSPS) is 16.3. The van der Waals surface area contributed by atoms with E-state index < -0.39 is 0 Å². The fourth-order valence-electron chi connectivity index (χ4n) is 2.55. The molecule has 0 spiro atoms. The lowest BCUT2D eigenvalue weighted by Gasteiger charge is -2.22. The largest absolute Gasteiger partial charge is 0.356 e. The van der Waals surface area contributed by atoms with E-state index in [0.717, 1.165) is 42.6 Å². The predicted octanol–water partition coefficient (Wildman–Crippen LogP) is 2.20. The lowest BCUT2D eigenvalue weighted by Crippen LogP contribution is -2.30. The van der Waals surface area contributed by atoms with Gasteiger partial charge in [-0.1, -0.05) is 0 Å². The van der Waals surface area contributed by atoms with Crippen molar-refractivity contribution < 1.29 is 4.79 Å². The number of aromatic nitrogens is 1. The molecule has 2 N–H and O–H groups in total. The van der Waals surface area contributed by atoms with Crippen LogP contribution in [0.25, 0.3) is 0 Å². The van der Waals surface area contributed by atoms with Crippen LogP contribution in [0.5, 0.6) is 0 Å². The molecule has 112 valence electrons. The molecule has 0 aliphatic carbocycles. The van der Waals surface area contributed by atoms with E-state index in [4.69, 9.17) is 0 Å². The summed E-state index contributed by atoms with van der Waals surface area (Å²) in [6.07, 6.45) is 4.97. The third kappa shape index (κ3) is 4.87. The van der Waals surface area contributed by atoms with Crippen LogP contribution in [-0.4, -0.2) is 30.5 Å². The zero-order valence-corrected chi connectivity index (χ0v) is 13.3. The number of thiazole rings is 1. The Morgan fingerprint density at radius 2 is 2.15 bits per heavy atom. The Morgan fingerprint density at radius 1 is 1.40 bits per heavy atom. The highest BCUT2D eigenvalue weighted by atomic mass is 32.1. The second-order valence-electron chi connectivity index (χ2n) is 5.58. The molecule has 0 aromatic carbocycles. The number of hydrogen-bond donors (Lipinski definition) is 2. The zero-order valence-electron chi connectivity index (χ0n) is 12.5. The quantitative estimate of drug-likeness (QED) is 0.846. The first kappa shape index (κ1) is 15.4. The van der Waals surface area contributed by atoms with Gasteiger partial charge in [-0.3, -0.25) is 4.79 Å². The number of hydrogen-bond acceptors (Lipinski definition) is 4. The Bertz CT molecular complexity index is 419. The summed E-state index contributed by atoms with van der Waals surface area (Å²) in [7, 11) is 0. The van der Waals surface area contributed by atoms with Crippen molar-refractivity contribution in [2.24, 2.45) is 5.92 Å². The topological polar surface area (TPSA) is 54.0 Å². The second kappa shape index (κ2) is 7.74. The minimum atomic E-state index is 0.188. The maximum atomic E-state index is 11.8. The molecule has 1 fully saturated rings. The van der Waals surface area contributed by atoms with Crippen molar-refractivity contribution in [3.05, 3.63) is 15.6 Å². The van der Waals surface area contributed by atoms with Gasteiger partial charge in [0.2, 0.25) is 5.91 Å². The van der Waals surface area contributed by atoms with Crippen molar-refractivity contribution in [3.8, 4) is 0 Å². The standard InChI is InChI=1S/C15H25N3OS/c1-11-12(2)20-15(18-11)7-10-17-14(19)4-3-13-5-8-16-9-6-13/h13,16H,3-10H2,1-2H3,(H,17,19). The van der Waals surface area contributed by atoms with Crippen LogP contribution in [0, 0.1) is 19.8 Å². The first-order valence-corrected chi connectivity index (χ1v) is 8.37. The van der Waals surface area contributed by atoms with Crippen LogP contribution in [0.3, 0.4) is 0 Å². The van der Waals surface area contributed by atoms with Gasteiger partial charge in [-0.25, -0.2) is 4.98 Å². The van der Waals surface area contributed by atoms with Crippen LogP contribution in [0.1, 0.15) is 41.3 Å². The number of carbonyl (C=O) groups excluding carboxylic acids is 1. The molecule has 4 nitrogen and oxygen atoms in total. The molecule has 2 heterocycles. The van der Waals surface area contributed by atoms with Gasteiger partial charge in [0.05, 0.1) is 10.7 Å². The van der Waals surface area contributed by atoms with E-state index in [1.165, 1.54) is 17.7 Å². The summed E-state index contributed by atoms with van der Waals surface area (Å²) in [6.45, 7) is 7.04. The molecular formula is C15H25N3OS. The molecular weight excluding hydrogens is 270 g/mol. The summed E-state index contributed by atoms with van der Waals surface area (Å²) in [5, 5.41) is 7.49. The Kier molecular flexibility index (Phi) is 5.98. The average molecular weight is 295 g/mol. The smallest absolute Gasteiger partial charge is 0.220 e. The molecule has 0 atom stereocenters. The number of rotatable bonds is 6. The van der Waals surface area contributed by atoms with E-state index in [0.29, 0.717) is 13.0 Å². The lowest BCUT2D eigenvalue weighted by atomic mass is 9.93. The number of carbonyl (C=O) groups is 1. The summed E-state index contributed by atoms with van der Waals surface area (Å²) in [5.41, 5.74) is 1.11. The van der Waals surface area contributed by atoms with Crippen molar-refractivity contribution in [1.82, 2.24) is 15.6 Å². The van der Waals surface area contributed by atoms with Crippen LogP contribution in [0.15, 0.2) is 0 Å². The molecule has 0 bridgehead atoms. The van der Waals surface area contributed by atoms with Gasteiger partial charge in [0.1, 0.15) is 0 Å². The van der Waals surface area contributed by atoms with E-state index in [9.17, 15) is 4.79 Å².